The number of carbonyl (C=O) groups excluding carboxylic acids is 1. The van der Waals surface area contributed by atoms with Gasteiger partial charge in [0.1, 0.15) is 11.5 Å². The first-order valence-corrected chi connectivity index (χ1v) is 5.76. The molecule has 1 rings (SSSR count). The van der Waals surface area contributed by atoms with E-state index in [1.54, 1.807) is 19.1 Å². The van der Waals surface area contributed by atoms with E-state index in [1.807, 2.05) is 0 Å². The van der Waals surface area contributed by atoms with Gasteiger partial charge in [-0.15, -0.1) is 0 Å². The number of hydrogen-bond donors (Lipinski definition) is 1. The second-order valence-electron chi connectivity index (χ2n) is 3.65. The Hall–Kier alpha value is -1.75. The number of benzene rings is 1. The van der Waals surface area contributed by atoms with Gasteiger partial charge in [-0.2, -0.15) is 0 Å². The Morgan fingerprint density at radius 2 is 2.17 bits per heavy atom. The van der Waals surface area contributed by atoms with Crippen LogP contribution in [-0.4, -0.2) is 31.6 Å². The summed E-state index contributed by atoms with van der Waals surface area (Å²) in [5, 5.41) is 9.39. The Kier molecular flexibility index (Phi) is 6.00. The van der Waals surface area contributed by atoms with Crippen molar-refractivity contribution in [3.8, 4) is 11.5 Å². The summed E-state index contributed by atoms with van der Waals surface area (Å²) >= 11 is 0. The maximum Gasteiger partial charge on any atom is 0.306 e. The number of phenolic OH excluding ortho intramolecular Hbond substituents is 1. The van der Waals surface area contributed by atoms with Crippen molar-refractivity contribution in [2.45, 2.75) is 19.8 Å². The molecule has 0 unspecified atom stereocenters. The first kappa shape index (κ1) is 14.3. The second-order valence-corrected chi connectivity index (χ2v) is 3.65. The summed E-state index contributed by atoms with van der Waals surface area (Å²) in [6.07, 6.45) is 0.778. The fourth-order valence-electron chi connectivity index (χ4n) is 1.48. The molecule has 5 heteroatoms. The van der Waals surface area contributed by atoms with E-state index in [9.17, 15) is 9.90 Å². The minimum Gasteiger partial charge on any atom is -0.508 e. The highest BCUT2D eigenvalue weighted by atomic mass is 16.7. The van der Waals surface area contributed by atoms with Crippen LogP contribution in [0, 0.1) is 0 Å². The molecule has 0 atom stereocenters. The number of methoxy groups -OCH3 is 1. The zero-order valence-electron chi connectivity index (χ0n) is 10.6. The monoisotopic (exact) mass is 254 g/mol. The molecule has 1 aromatic rings. The minimum atomic E-state index is -0.247. The second kappa shape index (κ2) is 7.55. The lowest BCUT2D eigenvalue weighted by Crippen LogP contribution is -2.07. The maximum absolute atomic E-state index is 11.3. The van der Waals surface area contributed by atoms with Crippen LogP contribution >= 0.6 is 0 Å². The van der Waals surface area contributed by atoms with Gasteiger partial charge in [-0.05, 0) is 25.0 Å². The number of aryl methyl sites for hydroxylation is 1. The normalized spacial score (nSPS) is 10.1. The fourth-order valence-corrected chi connectivity index (χ4v) is 1.48. The molecule has 0 saturated heterocycles. The molecule has 18 heavy (non-hydrogen) atoms. The molecule has 0 aliphatic carbocycles. The predicted molar refractivity (Wildman–Crippen MR) is 65.6 cm³/mol. The van der Waals surface area contributed by atoms with Crippen LogP contribution in [0.4, 0.5) is 0 Å². The van der Waals surface area contributed by atoms with Crippen LogP contribution in [0.2, 0.25) is 0 Å². The predicted octanol–water partition coefficient (Wildman–Crippen LogP) is 1.87. The van der Waals surface area contributed by atoms with Crippen molar-refractivity contribution < 1.29 is 24.1 Å². The molecule has 1 N–H and O–H groups in total. The zero-order chi connectivity index (χ0) is 13.4. The van der Waals surface area contributed by atoms with Gasteiger partial charge in [-0.1, -0.05) is 6.07 Å². The molecule has 100 valence electrons. The molecule has 0 spiro atoms. The summed E-state index contributed by atoms with van der Waals surface area (Å²) in [6, 6.07) is 4.78. The molecule has 0 saturated carbocycles. The first-order chi connectivity index (χ1) is 8.67. The van der Waals surface area contributed by atoms with Gasteiger partial charge in [-0.3, -0.25) is 4.79 Å². The van der Waals surface area contributed by atoms with Crippen LogP contribution in [0.1, 0.15) is 18.9 Å². The number of ether oxygens (including phenoxy) is 3. The molecule has 0 aromatic heterocycles. The lowest BCUT2D eigenvalue weighted by Gasteiger charge is -2.11. The molecule has 0 radical (unpaired) electrons. The van der Waals surface area contributed by atoms with E-state index in [1.165, 1.54) is 13.2 Å². The van der Waals surface area contributed by atoms with Crippen LogP contribution < -0.4 is 4.74 Å². The largest absolute Gasteiger partial charge is 0.508 e. The number of rotatable bonds is 7. The fraction of sp³-hybridized carbons (Fsp3) is 0.462. The molecular weight excluding hydrogens is 236 g/mol. The lowest BCUT2D eigenvalue weighted by atomic mass is 10.1. The molecule has 5 nitrogen and oxygen atoms in total. The van der Waals surface area contributed by atoms with Gasteiger partial charge in [0, 0.05) is 19.6 Å². The summed E-state index contributed by atoms with van der Waals surface area (Å²) in [5.41, 5.74) is 0.831. The molecule has 0 amide bonds. The lowest BCUT2D eigenvalue weighted by molar-refractivity contribution is -0.143. The van der Waals surface area contributed by atoms with Crippen molar-refractivity contribution in [3.05, 3.63) is 23.8 Å². The van der Waals surface area contributed by atoms with Crippen LogP contribution in [0.15, 0.2) is 18.2 Å². The van der Waals surface area contributed by atoms with Crippen LogP contribution in [0.3, 0.4) is 0 Å². The summed E-state index contributed by atoms with van der Waals surface area (Å²) < 4.78 is 15.0. The van der Waals surface area contributed by atoms with E-state index in [0.717, 1.165) is 5.56 Å². The van der Waals surface area contributed by atoms with Gasteiger partial charge in [-0.25, -0.2) is 0 Å². The molecular formula is C13H18O5. The first-order valence-electron chi connectivity index (χ1n) is 5.76. The Bertz CT molecular complexity index is 389. The van der Waals surface area contributed by atoms with E-state index in [-0.39, 0.29) is 24.9 Å². The van der Waals surface area contributed by atoms with Gasteiger partial charge in [0.2, 0.25) is 0 Å². The van der Waals surface area contributed by atoms with E-state index >= 15 is 0 Å². The zero-order valence-corrected chi connectivity index (χ0v) is 10.6. The third-order valence-corrected chi connectivity index (χ3v) is 2.29. The Morgan fingerprint density at radius 1 is 1.39 bits per heavy atom. The molecule has 0 bridgehead atoms. The Morgan fingerprint density at radius 3 is 2.83 bits per heavy atom. The maximum atomic E-state index is 11.3. The number of esters is 1. The highest BCUT2D eigenvalue weighted by Gasteiger charge is 2.08. The van der Waals surface area contributed by atoms with E-state index in [2.05, 4.69) is 0 Å². The average molecular weight is 254 g/mol. The van der Waals surface area contributed by atoms with Gasteiger partial charge >= 0.3 is 5.97 Å². The van der Waals surface area contributed by atoms with Crippen LogP contribution in [-0.2, 0) is 20.7 Å². The number of aromatic hydroxyl groups is 1. The van der Waals surface area contributed by atoms with Crippen LogP contribution in [0.5, 0.6) is 11.5 Å². The SMILES string of the molecule is CCOC(=O)CCc1ccc(O)cc1OCOC. The summed E-state index contributed by atoms with van der Waals surface area (Å²) in [4.78, 5) is 11.3. The molecule has 0 aliphatic rings. The molecule has 0 aliphatic heterocycles. The number of carbonyl (C=O) groups is 1. The van der Waals surface area contributed by atoms with E-state index in [0.29, 0.717) is 18.8 Å². The van der Waals surface area contributed by atoms with E-state index in [4.69, 9.17) is 14.2 Å². The summed E-state index contributed by atoms with van der Waals surface area (Å²) in [7, 11) is 1.51. The average Bonchev–Trinajstić information content (AvgIpc) is 2.35. The van der Waals surface area contributed by atoms with Gasteiger partial charge in [0.05, 0.1) is 6.61 Å². The highest BCUT2D eigenvalue weighted by molar-refractivity contribution is 5.69. The van der Waals surface area contributed by atoms with Crippen molar-refractivity contribution in [3.63, 3.8) is 0 Å². The van der Waals surface area contributed by atoms with E-state index < -0.39 is 0 Å². The topological polar surface area (TPSA) is 65.0 Å². The van der Waals surface area contributed by atoms with Gasteiger partial charge in [0.25, 0.3) is 0 Å². The van der Waals surface area contributed by atoms with Crippen molar-refractivity contribution >= 4 is 5.97 Å². The summed E-state index contributed by atoms with van der Waals surface area (Å²) in [5.74, 6) is 0.380. The number of phenols is 1. The molecule has 0 fully saturated rings. The molecule has 0 heterocycles. The van der Waals surface area contributed by atoms with Crippen molar-refractivity contribution in [2.24, 2.45) is 0 Å². The Labute approximate surface area is 106 Å². The third kappa shape index (κ3) is 4.63. The number of hydrogen-bond acceptors (Lipinski definition) is 5. The minimum absolute atomic E-state index is 0.0931. The Balaban J connectivity index is 2.65. The molecule has 1 aromatic carbocycles. The van der Waals surface area contributed by atoms with Crippen LogP contribution in [0.25, 0.3) is 0 Å². The smallest absolute Gasteiger partial charge is 0.306 e. The van der Waals surface area contributed by atoms with Gasteiger partial charge in [0.15, 0.2) is 6.79 Å². The van der Waals surface area contributed by atoms with Crippen molar-refractivity contribution in [2.75, 3.05) is 20.5 Å². The van der Waals surface area contributed by atoms with Crippen molar-refractivity contribution in [1.29, 1.82) is 0 Å². The standard InChI is InChI=1S/C13H18O5/c1-3-17-13(15)7-5-10-4-6-11(14)8-12(10)18-9-16-2/h4,6,8,14H,3,5,7,9H2,1-2H3. The third-order valence-electron chi connectivity index (χ3n) is 2.29. The quantitative estimate of drug-likeness (QED) is 0.594. The van der Waals surface area contributed by atoms with Crippen molar-refractivity contribution in [1.82, 2.24) is 0 Å². The summed E-state index contributed by atoms with van der Waals surface area (Å²) in [6.45, 7) is 2.24. The highest BCUT2D eigenvalue weighted by Crippen LogP contribution is 2.25. The van der Waals surface area contributed by atoms with Gasteiger partial charge < -0.3 is 19.3 Å².